The molecule has 0 fully saturated rings. The van der Waals surface area contributed by atoms with Crippen molar-refractivity contribution in [1.29, 1.82) is 0 Å². The highest BCUT2D eigenvalue weighted by atomic mass is 19.1. The molecule has 0 radical (unpaired) electrons. The van der Waals surface area contributed by atoms with Gasteiger partial charge >= 0.3 is 0 Å². The fourth-order valence-electron chi connectivity index (χ4n) is 1.70. The van der Waals surface area contributed by atoms with Crippen LogP contribution in [0.4, 0.5) is 14.5 Å². The molecule has 0 aliphatic rings. The van der Waals surface area contributed by atoms with Gasteiger partial charge in [0.1, 0.15) is 5.82 Å². The number of halogens is 2. The van der Waals surface area contributed by atoms with E-state index >= 15 is 0 Å². The number of aromatic hydroxyl groups is 1. The Morgan fingerprint density at radius 3 is 2.56 bits per heavy atom. The zero-order valence-corrected chi connectivity index (χ0v) is 9.87. The van der Waals surface area contributed by atoms with Gasteiger partial charge in [0.2, 0.25) is 0 Å². The summed E-state index contributed by atoms with van der Waals surface area (Å²) in [7, 11) is 0. The summed E-state index contributed by atoms with van der Waals surface area (Å²) in [6.07, 6.45) is 0. The van der Waals surface area contributed by atoms with Crippen LogP contribution in [0.25, 0.3) is 0 Å². The first kappa shape index (κ1) is 12.4. The van der Waals surface area contributed by atoms with Gasteiger partial charge in [0, 0.05) is 12.2 Å². The van der Waals surface area contributed by atoms with Crippen molar-refractivity contribution in [2.24, 2.45) is 0 Å². The van der Waals surface area contributed by atoms with Crippen LogP contribution in [0.15, 0.2) is 36.4 Å². The van der Waals surface area contributed by atoms with E-state index in [0.717, 1.165) is 5.56 Å². The second-order valence-corrected chi connectivity index (χ2v) is 4.16. The summed E-state index contributed by atoms with van der Waals surface area (Å²) in [4.78, 5) is 0. The molecule has 0 saturated carbocycles. The van der Waals surface area contributed by atoms with Crippen LogP contribution in [-0.4, -0.2) is 5.11 Å². The number of aryl methyl sites for hydroxylation is 1. The summed E-state index contributed by atoms with van der Waals surface area (Å²) >= 11 is 0. The van der Waals surface area contributed by atoms with Crippen molar-refractivity contribution in [2.75, 3.05) is 5.32 Å². The maximum atomic E-state index is 13.1. The first-order valence-electron chi connectivity index (χ1n) is 5.53. The molecular weight excluding hydrogens is 236 g/mol. The summed E-state index contributed by atoms with van der Waals surface area (Å²) in [5.41, 5.74) is 2.13. The zero-order chi connectivity index (χ0) is 13.1. The summed E-state index contributed by atoms with van der Waals surface area (Å²) in [5, 5.41) is 12.1. The van der Waals surface area contributed by atoms with Gasteiger partial charge in [0.15, 0.2) is 11.6 Å². The summed E-state index contributed by atoms with van der Waals surface area (Å²) in [6, 6.07) is 8.77. The number of benzene rings is 2. The molecule has 0 atom stereocenters. The molecule has 4 heteroatoms. The molecule has 2 aromatic rings. The van der Waals surface area contributed by atoms with Gasteiger partial charge in [-0.15, -0.1) is 0 Å². The highest BCUT2D eigenvalue weighted by Gasteiger charge is 2.02. The van der Waals surface area contributed by atoms with Gasteiger partial charge in [-0.2, -0.15) is 0 Å². The van der Waals surface area contributed by atoms with E-state index in [-0.39, 0.29) is 11.6 Å². The molecule has 94 valence electrons. The lowest BCUT2D eigenvalue weighted by Gasteiger charge is -2.08. The van der Waals surface area contributed by atoms with Crippen molar-refractivity contribution in [2.45, 2.75) is 13.5 Å². The Labute approximate surface area is 104 Å². The highest BCUT2D eigenvalue weighted by molar-refractivity contribution is 5.46. The highest BCUT2D eigenvalue weighted by Crippen LogP contribution is 2.18. The minimum Gasteiger partial charge on any atom is -0.505 e. The van der Waals surface area contributed by atoms with E-state index in [1.807, 2.05) is 0 Å². The average Bonchev–Trinajstić information content (AvgIpc) is 2.29. The Bertz CT molecular complexity index is 549. The molecule has 0 heterocycles. The molecule has 0 aromatic heterocycles. The minimum atomic E-state index is -0.662. The molecule has 0 saturated heterocycles. The first-order valence-corrected chi connectivity index (χ1v) is 5.53. The predicted octanol–water partition coefficient (Wildman–Crippen LogP) is 3.59. The Kier molecular flexibility index (Phi) is 3.46. The van der Waals surface area contributed by atoms with Crippen LogP contribution in [0.5, 0.6) is 5.75 Å². The Balaban J connectivity index is 2.08. The SMILES string of the molecule is Cc1cc(F)cc(NCc2ccc(O)c(F)c2)c1. The fourth-order valence-corrected chi connectivity index (χ4v) is 1.70. The molecule has 2 nitrogen and oxygen atoms in total. The van der Waals surface area contributed by atoms with Gasteiger partial charge in [0.25, 0.3) is 0 Å². The van der Waals surface area contributed by atoms with Crippen molar-refractivity contribution in [3.8, 4) is 5.75 Å². The number of nitrogens with one attached hydrogen (secondary N) is 1. The van der Waals surface area contributed by atoms with Crippen molar-refractivity contribution in [1.82, 2.24) is 0 Å². The molecule has 2 N–H and O–H groups in total. The van der Waals surface area contributed by atoms with Crippen LogP contribution < -0.4 is 5.32 Å². The third-order valence-electron chi connectivity index (χ3n) is 2.55. The maximum absolute atomic E-state index is 13.1. The Hall–Kier alpha value is -2.10. The molecule has 2 aromatic carbocycles. The summed E-state index contributed by atoms with van der Waals surface area (Å²) in [6.45, 7) is 2.16. The van der Waals surface area contributed by atoms with Gasteiger partial charge in [-0.05, 0) is 48.4 Å². The third-order valence-corrected chi connectivity index (χ3v) is 2.55. The smallest absolute Gasteiger partial charge is 0.165 e. The van der Waals surface area contributed by atoms with Crippen LogP contribution in [0.2, 0.25) is 0 Å². The number of phenols is 1. The fraction of sp³-hybridized carbons (Fsp3) is 0.143. The maximum Gasteiger partial charge on any atom is 0.165 e. The lowest BCUT2D eigenvalue weighted by molar-refractivity contribution is 0.432. The minimum absolute atomic E-state index is 0.311. The number of hydrogen-bond donors (Lipinski definition) is 2. The Morgan fingerprint density at radius 2 is 1.89 bits per heavy atom. The van der Waals surface area contributed by atoms with Crippen LogP contribution >= 0.6 is 0 Å². The molecular formula is C14H13F2NO. The standard InChI is InChI=1S/C14H13F2NO/c1-9-4-11(15)7-12(5-9)17-8-10-2-3-14(18)13(16)6-10/h2-7,17-18H,8H2,1H3. The van der Waals surface area contributed by atoms with E-state index in [0.29, 0.717) is 17.8 Å². The molecule has 0 aliphatic carbocycles. The van der Waals surface area contributed by atoms with Crippen LogP contribution in [0, 0.1) is 18.6 Å². The van der Waals surface area contributed by atoms with E-state index in [1.165, 1.54) is 24.3 Å². The predicted molar refractivity (Wildman–Crippen MR) is 66.5 cm³/mol. The zero-order valence-electron chi connectivity index (χ0n) is 9.87. The molecule has 0 unspecified atom stereocenters. The summed E-state index contributed by atoms with van der Waals surface area (Å²) < 4.78 is 26.2. The lowest BCUT2D eigenvalue weighted by Crippen LogP contribution is -2.00. The number of phenolic OH excluding ortho intramolecular Hbond substituents is 1. The van der Waals surface area contributed by atoms with Crippen LogP contribution in [0.1, 0.15) is 11.1 Å². The van der Waals surface area contributed by atoms with Gasteiger partial charge in [-0.25, -0.2) is 8.78 Å². The van der Waals surface area contributed by atoms with Gasteiger partial charge in [-0.1, -0.05) is 6.07 Å². The van der Waals surface area contributed by atoms with Gasteiger partial charge in [0.05, 0.1) is 0 Å². The first-order chi connectivity index (χ1) is 8.54. The van der Waals surface area contributed by atoms with Crippen molar-refractivity contribution in [3.63, 3.8) is 0 Å². The van der Waals surface area contributed by atoms with Crippen LogP contribution in [0.3, 0.4) is 0 Å². The van der Waals surface area contributed by atoms with Crippen molar-refractivity contribution < 1.29 is 13.9 Å². The van der Waals surface area contributed by atoms with E-state index in [9.17, 15) is 8.78 Å². The largest absolute Gasteiger partial charge is 0.505 e. The molecule has 0 bridgehead atoms. The Morgan fingerprint density at radius 1 is 1.11 bits per heavy atom. The molecule has 0 amide bonds. The number of rotatable bonds is 3. The van der Waals surface area contributed by atoms with Crippen molar-refractivity contribution >= 4 is 5.69 Å². The number of hydrogen-bond acceptors (Lipinski definition) is 2. The second kappa shape index (κ2) is 5.04. The monoisotopic (exact) mass is 249 g/mol. The van der Waals surface area contributed by atoms with E-state index in [2.05, 4.69) is 5.32 Å². The van der Waals surface area contributed by atoms with Crippen molar-refractivity contribution in [3.05, 3.63) is 59.2 Å². The summed E-state index contributed by atoms with van der Waals surface area (Å²) in [5.74, 6) is -1.35. The second-order valence-electron chi connectivity index (χ2n) is 4.16. The quantitative estimate of drug-likeness (QED) is 0.871. The van der Waals surface area contributed by atoms with Gasteiger partial charge < -0.3 is 10.4 Å². The topological polar surface area (TPSA) is 32.3 Å². The molecule has 0 aliphatic heterocycles. The lowest BCUT2D eigenvalue weighted by atomic mass is 10.2. The van der Waals surface area contributed by atoms with E-state index in [1.54, 1.807) is 19.1 Å². The normalized spacial score (nSPS) is 10.4. The molecule has 2 rings (SSSR count). The van der Waals surface area contributed by atoms with Crippen LogP contribution in [-0.2, 0) is 6.54 Å². The average molecular weight is 249 g/mol. The van der Waals surface area contributed by atoms with E-state index in [4.69, 9.17) is 5.11 Å². The third kappa shape index (κ3) is 2.97. The van der Waals surface area contributed by atoms with E-state index < -0.39 is 5.82 Å². The molecule has 0 spiro atoms. The molecule has 18 heavy (non-hydrogen) atoms. The van der Waals surface area contributed by atoms with Gasteiger partial charge in [-0.3, -0.25) is 0 Å². The number of anilines is 1.